The predicted octanol–water partition coefficient (Wildman–Crippen LogP) is 0.901. The van der Waals surface area contributed by atoms with Gasteiger partial charge in [0.15, 0.2) is 5.78 Å². The molecule has 1 aromatic rings. The first kappa shape index (κ1) is 14.2. The topological polar surface area (TPSA) is 75.7 Å². The molecule has 0 saturated carbocycles. The van der Waals surface area contributed by atoms with Crippen LogP contribution in [0.2, 0.25) is 0 Å². The van der Waals surface area contributed by atoms with E-state index in [9.17, 15) is 14.4 Å². The molecule has 2 saturated heterocycles. The van der Waals surface area contributed by atoms with Crippen LogP contribution in [0.25, 0.3) is 0 Å². The van der Waals surface area contributed by atoms with Crippen molar-refractivity contribution in [3.8, 4) is 5.75 Å². The van der Waals surface area contributed by atoms with E-state index in [2.05, 4.69) is 5.32 Å². The van der Waals surface area contributed by atoms with Crippen molar-refractivity contribution in [1.82, 2.24) is 10.2 Å². The van der Waals surface area contributed by atoms with Gasteiger partial charge in [0, 0.05) is 19.4 Å². The second kappa shape index (κ2) is 5.08. The standard InChI is InChI=1S/C17H18N2O4/c20-13-9-17(23-14-4-2-1-3-11(13)14)7-8-19(10-17)16(22)12-5-6-15(21)18-12/h1-4,12H,5-10H2,(H,18,21). The van der Waals surface area contributed by atoms with Crippen LogP contribution < -0.4 is 10.1 Å². The van der Waals surface area contributed by atoms with Gasteiger partial charge in [-0.2, -0.15) is 0 Å². The van der Waals surface area contributed by atoms with Gasteiger partial charge in [-0.05, 0) is 18.6 Å². The Kier molecular flexibility index (Phi) is 3.14. The van der Waals surface area contributed by atoms with Crippen molar-refractivity contribution in [2.24, 2.45) is 0 Å². The monoisotopic (exact) mass is 314 g/mol. The molecule has 0 aliphatic carbocycles. The fourth-order valence-corrected chi connectivity index (χ4v) is 3.72. The van der Waals surface area contributed by atoms with Gasteiger partial charge in [-0.1, -0.05) is 12.1 Å². The Bertz CT molecular complexity index is 702. The van der Waals surface area contributed by atoms with Crippen molar-refractivity contribution in [2.45, 2.75) is 37.3 Å². The number of hydrogen-bond donors (Lipinski definition) is 1. The van der Waals surface area contributed by atoms with Gasteiger partial charge in [0.05, 0.1) is 18.5 Å². The molecule has 1 aromatic carbocycles. The number of para-hydroxylation sites is 1. The first-order valence-electron chi connectivity index (χ1n) is 7.96. The molecule has 3 aliphatic heterocycles. The Hall–Kier alpha value is -2.37. The molecular formula is C17H18N2O4. The summed E-state index contributed by atoms with van der Waals surface area (Å²) in [6.45, 7) is 0.957. The molecule has 120 valence electrons. The summed E-state index contributed by atoms with van der Waals surface area (Å²) in [6.07, 6.45) is 1.88. The molecule has 2 atom stereocenters. The minimum Gasteiger partial charge on any atom is -0.484 e. The van der Waals surface area contributed by atoms with E-state index in [0.29, 0.717) is 50.1 Å². The van der Waals surface area contributed by atoms with E-state index >= 15 is 0 Å². The Morgan fingerprint density at radius 1 is 1.30 bits per heavy atom. The van der Waals surface area contributed by atoms with Crippen molar-refractivity contribution < 1.29 is 19.1 Å². The molecule has 3 heterocycles. The number of amides is 2. The summed E-state index contributed by atoms with van der Waals surface area (Å²) in [6, 6.07) is 6.82. The quantitative estimate of drug-likeness (QED) is 0.836. The van der Waals surface area contributed by atoms with Gasteiger partial charge in [0.25, 0.3) is 0 Å². The molecule has 2 amide bonds. The maximum Gasteiger partial charge on any atom is 0.245 e. The third-order valence-electron chi connectivity index (χ3n) is 4.92. The van der Waals surface area contributed by atoms with Crippen molar-refractivity contribution in [2.75, 3.05) is 13.1 Å². The number of nitrogens with one attached hydrogen (secondary N) is 1. The fraction of sp³-hybridized carbons (Fsp3) is 0.471. The lowest BCUT2D eigenvalue weighted by Gasteiger charge is -2.34. The molecule has 2 unspecified atom stereocenters. The zero-order chi connectivity index (χ0) is 16.0. The second-order valence-corrected chi connectivity index (χ2v) is 6.55. The summed E-state index contributed by atoms with van der Waals surface area (Å²) in [4.78, 5) is 37.9. The number of carbonyl (C=O) groups excluding carboxylic acids is 3. The number of likely N-dealkylation sites (tertiary alicyclic amines) is 1. The molecule has 6 nitrogen and oxygen atoms in total. The summed E-state index contributed by atoms with van der Waals surface area (Å²) in [7, 11) is 0. The largest absolute Gasteiger partial charge is 0.484 e. The Balaban J connectivity index is 1.51. The van der Waals surface area contributed by atoms with E-state index in [4.69, 9.17) is 4.74 Å². The van der Waals surface area contributed by atoms with E-state index in [1.165, 1.54) is 0 Å². The predicted molar refractivity (Wildman–Crippen MR) is 81.1 cm³/mol. The van der Waals surface area contributed by atoms with Crippen LogP contribution in [-0.4, -0.2) is 47.2 Å². The first-order chi connectivity index (χ1) is 11.1. The van der Waals surface area contributed by atoms with Crippen LogP contribution in [0.5, 0.6) is 5.75 Å². The molecule has 0 bridgehead atoms. The third-order valence-corrected chi connectivity index (χ3v) is 4.92. The molecule has 0 radical (unpaired) electrons. The molecule has 23 heavy (non-hydrogen) atoms. The molecule has 1 N–H and O–H groups in total. The van der Waals surface area contributed by atoms with Gasteiger partial charge in [0.2, 0.25) is 11.8 Å². The van der Waals surface area contributed by atoms with Gasteiger partial charge in [0.1, 0.15) is 17.4 Å². The number of benzene rings is 1. The van der Waals surface area contributed by atoms with Crippen LogP contribution in [0.3, 0.4) is 0 Å². The lowest BCUT2D eigenvalue weighted by Crippen LogP contribution is -2.48. The third kappa shape index (κ3) is 2.38. The zero-order valence-electron chi connectivity index (χ0n) is 12.7. The van der Waals surface area contributed by atoms with E-state index in [-0.39, 0.29) is 17.6 Å². The normalized spacial score (nSPS) is 29.4. The molecular weight excluding hydrogens is 296 g/mol. The minimum absolute atomic E-state index is 0.0651. The summed E-state index contributed by atoms with van der Waals surface area (Å²) >= 11 is 0. The van der Waals surface area contributed by atoms with Crippen LogP contribution in [-0.2, 0) is 9.59 Å². The molecule has 4 rings (SSSR count). The second-order valence-electron chi connectivity index (χ2n) is 6.55. The molecule has 3 aliphatic rings. The number of carbonyl (C=O) groups is 3. The smallest absolute Gasteiger partial charge is 0.245 e. The highest BCUT2D eigenvalue weighted by atomic mass is 16.5. The number of ketones is 1. The van der Waals surface area contributed by atoms with Crippen molar-refractivity contribution in [1.29, 1.82) is 0 Å². The van der Waals surface area contributed by atoms with E-state index in [1.54, 1.807) is 17.0 Å². The number of ether oxygens (including phenoxy) is 1. The van der Waals surface area contributed by atoms with Crippen molar-refractivity contribution in [3.63, 3.8) is 0 Å². The summed E-state index contributed by atoms with van der Waals surface area (Å²) < 4.78 is 6.11. The molecule has 1 spiro atoms. The van der Waals surface area contributed by atoms with Gasteiger partial charge >= 0.3 is 0 Å². The van der Waals surface area contributed by atoms with Crippen LogP contribution in [0.15, 0.2) is 24.3 Å². The molecule has 2 fully saturated rings. The lowest BCUT2D eigenvalue weighted by molar-refractivity contribution is -0.134. The first-order valence-corrected chi connectivity index (χ1v) is 7.96. The minimum atomic E-state index is -0.621. The summed E-state index contributed by atoms with van der Waals surface area (Å²) in [5.41, 5.74) is -0.00469. The fourth-order valence-electron chi connectivity index (χ4n) is 3.72. The van der Waals surface area contributed by atoms with Gasteiger partial charge in [-0.3, -0.25) is 14.4 Å². The van der Waals surface area contributed by atoms with Crippen molar-refractivity contribution >= 4 is 17.6 Å². The number of rotatable bonds is 1. The Morgan fingerprint density at radius 3 is 2.91 bits per heavy atom. The molecule has 6 heteroatoms. The number of hydrogen-bond acceptors (Lipinski definition) is 4. The number of fused-ring (bicyclic) bond motifs is 1. The molecule has 0 aromatic heterocycles. The highest BCUT2D eigenvalue weighted by Crippen LogP contribution is 2.38. The van der Waals surface area contributed by atoms with Crippen LogP contribution >= 0.6 is 0 Å². The Morgan fingerprint density at radius 2 is 2.13 bits per heavy atom. The van der Waals surface area contributed by atoms with Gasteiger partial charge in [-0.15, -0.1) is 0 Å². The Labute approximate surface area is 133 Å². The summed E-state index contributed by atoms with van der Waals surface area (Å²) in [5, 5.41) is 2.71. The van der Waals surface area contributed by atoms with Crippen LogP contribution in [0.4, 0.5) is 0 Å². The maximum absolute atomic E-state index is 12.5. The highest BCUT2D eigenvalue weighted by Gasteiger charge is 2.48. The number of Topliss-reactive ketones (excluding diaryl/α,β-unsaturated/α-hetero) is 1. The van der Waals surface area contributed by atoms with Crippen molar-refractivity contribution in [3.05, 3.63) is 29.8 Å². The lowest BCUT2D eigenvalue weighted by atomic mass is 9.89. The van der Waals surface area contributed by atoms with E-state index in [0.717, 1.165) is 0 Å². The SMILES string of the molecule is O=C1CCC(C(=O)N2CCC3(CC(=O)c4ccccc4O3)C2)N1. The van der Waals surface area contributed by atoms with Crippen LogP contribution in [0, 0.1) is 0 Å². The zero-order valence-corrected chi connectivity index (χ0v) is 12.7. The van der Waals surface area contributed by atoms with E-state index < -0.39 is 11.6 Å². The van der Waals surface area contributed by atoms with E-state index in [1.807, 2.05) is 12.1 Å². The average Bonchev–Trinajstić information content (AvgIpc) is 3.14. The number of nitrogens with zero attached hydrogens (tertiary/aromatic N) is 1. The maximum atomic E-state index is 12.5. The van der Waals surface area contributed by atoms with Crippen LogP contribution in [0.1, 0.15) is 36.0 Å². The van der Waals surface area contributed by atoms with Gasteiger partial charge < -0.3 is 15.0 Å². The summed E-state index contributed by atoms with van der Waals surface area (Å²) in [5.74, 6) is 0.528. The average molecular weight is 314 g/mol. The van der Waals surface area contributed by atoms with Gasteiger partial charge in [-0.25, -0.2) is 0 Å². The highest BCUT2D eigenvalue weighted by molar-refractivity contribution is 6.00.